The first-order valence-corrected chi connectivity index (χ1v) is 10.9. The third-order valence-corrected chi connectivity index (χ3v) is 5.91. The lowest BCUT2D eigenvalue weighted by Gasteiger charge is -2.13. The van der Waals surface area contributed by atoms with Gasteiger partial charge in [-0.2, -0.15) is 0 Å². The predicted octanol–water partition coefficient (Wildman–Crippen LogP) is 4.42. The highest BCUT2D eigenvalue weighted by Crippen LogP contribution is 2.32. The second kappa shape index (κ2) is 9.23. The van der Waals surface area contributed by atoms with Crippen molar-refractivity contribution in [1.82, 2.24) is 15.4 Å². The van der Waals surface area contributed by atoms with E-state index in [-0.39, 0.29) is 30.1 Å². The van der Waals surface area contributed by atoms with E-state index in [1.807, 2.05) is 61.5 Å². The summed E-state index contributed by atoms with van der Waals surface area (Å²) in [7, 11) is 0. The maximum absolute atomic E-state index is 12.8. The molecule has 162 valence electrons. The van der Waals surface area contributed by atoms with Gasteiger partial charge < -0.3 is 9.84 Å². The number of hydrogen-bond donors (Lipinski definition) is 1. The zero-order chi connectivity index (χ0) is 22.7. The van der Waals surface area contributed by atoms with Crippen LogP contribution in [0.1, 0.15) is 27.2 Å². The SMILES string of the molecule is Cc1ccc(C=C2SC(=O)N(CCNC(=O)c3c(-c4ccccc4)noc3C)C2=O)cc1. The number of carbonyl (C=O) groups is 3. The van der Waals surface area contributed by atoms with Crippen LogP contribution in [0.15, 0.2) is 64.0 Å². The maximum Gasteiger partial charge on any atom is 0.293 e. The summed E-state index contributed by atoms with van der Waals surface area (Å²) in [5.41, 5.74) is 3.52. The number of rotatable bonds is 6. The van der Waals surface area contributed by atoms with E-state index >= 15 is 0 Å². The van der Waals surface area contributed by atoms with E-state index in [0.717, 1.165) is 33.4 Å². The van der Waals surface area contributed by atoms with Gasteiger partial charge in [0.2, 0.25) is 0 Å². The molecule has 32 heavy (non-hydrogen) atoms. The molecule has 3 amide bonds. The van der Waals surface area contributed by atoms with E-state index in [0.29, 0.717) is 21.9 Å². The lowest BCUT2D eigenvalue weighted by atomic mass is 10.1. The summed E-state index contributed by atoms with van der Waals surface area (Å²) in [4.78, 5) is 39.3. The maximum atomic E-state index is 12.8. The molecule has 0 spiro atoms. The summed E-state index contributed by atoms with van der Waals surface area (Å²) >= 11 is 0.900. The predicted molar refractivity (Wildman–Crippen MR) is 123 cm³/mol. The third kappa shape index (κ3) is 4.50. The monoisotopic (exact) mass is 447 g/mol. The molecule has 0 atom stereocenters. The van der Waals surface area contributed by atoms with Crippen molar-refractivity contribution < 1.29 is 18.9 Å². The molecule has 7 nitrogen and oxygen atoms in total. The molecule has 1 aromatic heterocycles. The summed E-state index contributed by atoms with van der Waals surface area (Å²) < 4.78 is 5.22. The molecule has 3 aromatic rings. The minimum atomic E-state index is -0.371. The fraction of sp³-hybridized carbons (Fsp3) is 0.167. The minimum absolute atomic E-state index is 0.0760. The molecule has 1 N–H and O–H groups in total. The van der Waals surface area contributed by atoms with Crippen molar-refractivity contribution in [3.8, 4) is 11.3 Å². The van der Waals surface area contributed by atoms with Crippen LogP contribution < -0.4 is 5.32 Å². The number of hydrogen-bond acceptors (Lipinski definition) is 6. The van der Waals surface area contributed by atoms with Gasteiger partial charge in [-0.15, -0.1) is 0 Å². The number of nitrogens with one attached hydrogen (secondary N) is 1. The Morgan fingerprint density at radius 3 is 2.53 bits per heavy atom. The van der Waals surface area contributed by atoms with Gasteiger partial charge in [0.25, 0.3) is 17.1 Å². The number of thioether (sulfide) groups is 1. The van der Waals surface area contributed by atoms with Crippen LogP contribution in [0.3, 0.4) is 0 Å². The molecule has 1 fully saturated rings. The Kier molecular flexibility index (Phi) is 6.23. The van der Waals surface area contributed by atoms with Crippen LogP contribution in [0.5, 0.6) is 0 Å². The average Bonchev–Trinajstić information content (AvgIpc) is 3.30. The van der Waals surface area contributed by atoms with Crippen LogP contribution in [-0.2, 0) is 4.79 Å². The smallest absolute Gasteiger partial charge is 0.293 e. The van der Waals surface area contributed by atoms with Crippen LogP contribution in [0.4, 0.5) is 4.79 Å². The second-order valence-electron chi connectivity index (χ2n) is 7.33. The van der Waals surface area contributed by atoms with Crippen molar-refractivity contribution in [2.75, 3.05) is 13.1 Å². The molecule has 0 aliphatic carbocycles. The van der Waals surface area contributed by atoms with Gasteiger partial charge in [0.05, 0.1) is 4.91 Å². The number of amides is 3. The molecule has 2 aromatic carbocycles. The first-order chi connectivity index (χ1) is 15.4. The molecule has 0 saturated carbocycles. The van der Waals surface area contributed by atoms with Gasteiger partial charge in [0.1, 0.15) is 17.0 Å². The highest BCUT2D eigenvalue weighted by Gasteiger charge is 2.34. The Bertz CT molecular complexity index is 1200. The fourth-order valence-electron chi connectivity index (χ4n) is 3.31. The van der Waals surface area contributed by atoms with E-state index in [2.05, 4.69) is 10.5 Å². The molecule has 0 radical (unpaired) electrons. The summed E-state index contributed by atoms with van der Waals surface area (Å²) in [6.07, 6.45) is 1.70. The fourth-order valence-corrected chi connectivity index (χ4v) is 4.17. The number of nitrogens with zero attached hydrogens (tertiary/aromatic N) is 2. The van der Waals surface area contributed by atoms with Gasteiger partial charge >= 0.3 is 0 Å². The summed E-state index contributed by atoms with van der Waals surface area (Å²) in [5, 5.41) is 6.41. The van der Waals surface area contributed by atoms with Crippen molar-refractivity contribution in [2.24, 2.45) is 0 Å². The zero-order valence-corrected chi connectivity index (χ0v) is 18.4. The topological polar surface area (TPSA) is 92.5 Å². The molecule has 1 saturated heterocycles. The third-order valence-electron chi connectivity index (χ3n) is 5.01. The average molecular weight is 448 g/mol. The lowest BCUT2D eigenvalue weighted by Crippen LogP contribution is -2.37. The number of carbonyl (C=O) groups excluding carboxylic acids is 3. The minimum Gasteiger partial charge on any atom is -0.360 e. The van der Waals surface area contributed by atoms with Crippen LogP contribution in [0.25, 0.3) is 17.3 Å². The van der Waals surface area contributed by atoms with E-state index in [1.54, 1.807) is 13.0 Å². The number of aryl methyl sites for hydroxylation is 2. The van der Waals surface area contributed by atoms with Crippen LogP contribution >= 0.6 is 11.8 Å². The van der Waals surface area contributed by atoms with E-state index < -0.39 is 0 Å². The first kappa shape index (κ1) is 21.6. The molecule has 2 heterocycles. The molecular formula is C24H21N3O4S. The Morgan fingerprint density at radius 1 is 1.09 bits per heavy atom. The second-order valence-corrected chi connectivity index (χ2v) is 8.32. The molecule has 1 aliphatic rings. The first-order valence-electron chi connectivity index (χ1n) is 10.1. The van der Waals surface area contributed by atoms with Gasteiger partial charge in [-0.25, -0.2) is 0 Å². The zero-order valence-electron chi connectivity index (χ0n) is 17.6. The van der Waals surface area contributed by atoms with Gasteiger partial charge in [-0.05, 0) is 37.2 Å². The lowest BCUT2D eigenvalue weighted by molar-refractivity contribution is -0.122. The van der Waals surface area contributed by atoms with Crippen molar-refractivity contribution >= 4 is 34.9 Å². The number of aromatic nitrogens is 1. The van der Waals surface area contributed by atoms with Gasteiger partial charge in [0, 0.05) is 18.7 Å². The van der Waals surface area contributed by atoms with E-state index in [9.17, 15) is 14.4 Å². The molecule has 8 heteroatoms. The van der Waals surface area contributed by atoms with Gasteiger partial charge in [-0.3, -0.25) is 19.3 Å². The standard InChI is InChI=1S/C24H21N3O4S/c1-15-8-10-17(11-9-15)14-19-23(29)27(24(30)32-19)13-12-25-22(28)20-16(2)31-26-21(20)18-6-4-3-5-7-18/h3-11,14H,12-13H2,1-2H3,(H,25,28). The molecule has 0 unspecified atom stereocenters. The normalized spacial score (nSPS) is 14.9. The Balaban J connectivity index is 1.40. The van der Waals surface area contributed by atoms with Crippen molar-refractivity contribution in [2.45, 2.75) is 13.8 Å². The van der Waals surface area contributed by atoms with Crippen molar-refractivity contribution in [3.63, 3.8) is 0 Å². The molecular weight excluding hydrogens is 426 g/mol. The summed E-state index contributed by atoms with van der Waals surface area (Å²) in [5.74, 6) is -0.334. The molecule has 4 rings (SSSR count). The van der Waals surface area contributed by atoms with E-state index in [1.165, 1.54) is 0 Å². The summed E-state index contributed by atoms with van der Waals surface area (Å²) in [6, 6.07) is 17.0. The Hall–Kier alpha value is -3.65. The Labute approximate surface area is 189 Å². The largest absolute Gasteiger partial charge is 0.360 e. The van der Waals surface area contributed by atoms with Crippen LogP contribution in [-0.4, -0.2) is 40.2 Å². The highest BCUT2D eigenvalue weighted by atomic mass is 32.2. The molecule has 0 bridgehead atoms. The van der Waals surface area contributed by atoms with Gasteiger partial charge in [-0.1, -0.05) is 65.3 Å². The molecule has 1 aliphatic heterocycles. The quantitative estimate of drug-likeness (QED) is 0.562. The van der Waals surface area contributed by atoms with E-state index in [4.69, 9.17) is 4.52 Å². The number of imide groups is 1. The number of benzene rings is 2. The van der Waals surface area contributed by atoms with Gasteiger partial charge in [0.15, 0.2) is 0 Å². The van der Waals surface area contributed by atoms with Crippen molar-refractivity contribution in [3.05, 3.63) is 82.0 Å². The van der Waals surface area contributed by atoms with Crippen molar-refractivity contribution in [1.29, 1.82) is 0 Å². The van der Waals surface area contributed by atoms with Crippen LogP contribution in [0, 0.1) is 13.8 Å². The Morgan fingerprint density at radius 2 is 1.81 bits per heavy atom. The summed E-state index contributed by atoms with van der Waals surface area (Å²) in [6.45, 7) is 3.84. The van der Waals surface area contributed by atoms with Crippen LogP contribution in [0.2, 0.25) is 0 Å². The highest BCUT2D eigenvalue weighted by molar-refractivity contribution is 8.18.